The highest BCUT2D eigenvalue weighted by molar-refractivity contribution is 5.83. The van der Waals surface area contributed by atoms with Crippen molar-refractivity contribution >= 4 is 23.6 Å². The number of unbranched alkanes of at least 4 members (excludes halogenated alkanes) is 1. The molecule has 0 atom stereocenters. The van der Waals surface area contributed by atoms with Gasteiger partial charge in [0.25, 0.3) is 11.8 Å². The molecular formula is C26H34N4O6. The molecule has 10 heteroatoms. The molecule has 0 aliphatic carbocycles. The maximum Gasteiger partial charge on any atom is 0.276 e. The highest BCUT2D eigenvalue weighted by Crippen LogP contribution is 2.19. The molecule has 0 saturated carbocycles. The molecule has 2 aromatic rings. The average Bonchev–Trinajstić information content (AvgIpc) is 2.85. The van der Waals surface area contributed by atoms with Crippen molar-refractivity contribution in [2.24, 2.45) is 0 Å². The third kappa shape index (κ3) is 10.5. The van der Waals surface area contributed by atoms with Gasteiger partial charge in [-0.1, -0.05) is 24.3 Å². The number of aryl methyl sites for hydroxylation is 4. The number of ether oxygens (including phenoxy) is 2. The van der Waals surface area contributed by atoms with Crippen molar-refractivity contribution in [3.05, 3.63) is 58.7 Å². The maximum atomic E-state index is 11.9. The highest BCUT2D eigenvalue weighted by atomic mass is 16.5. The fourth-order valence-corrected chi connectivity index (χ4v) is 3.06. The van der Waals surface area contributed by atoms with Gasteiger partial charge in [0.15, 0.2) is 13.2 Å². The molecule has 0 aliphatic heterocycles. The van der Waals surface area contributed by atoms with Crippen LogP contribution in [-0.4, -0.2) is 36.8 Å². The van der Waals surface area contributed by atoms with Crippen molar-refractivity contribution in [1.29, 1.82) is 0 Å². The summed E-state index contributed by atoms with van der Waals surface area (Å²) in [4.78, 5) is 47.5. The third-order valence-electron chi connectivity index (χ3n) is 5.15. The second kappa shape index (κ2) is 14.3. The second-order valence-electron chi connectivity index (χ2n) is 8.52. The Morgan fingerprint density at radius 2 is 0.944 bits per heavy atom. The Hall–Kier alpha value is -4.08. The molecular weight excluding hydrogens is 464 g/mol. The van der Waals surface area contributed by atoms with Gasteiger partial charge in [-0.25, -0.2) is 0 Å². The molecule has 36 heavy (non-hydrogen) atoms. The fraction of sp³-hybridized carbons (Fsp3) is 0.385. The predicted molar refractivity (Wildman–Crippen MR) is 134 cm³/mol. The van der Waals surface area contributed by atoms with Gasteiger partial charge in [0.05, 0.1) is 0 Å². The van der Waals surface area contributed by atoms with Crippen molar-refractivity contribution in [1.82, 2.24) is 21.7 Å². The van der Waals surface area contributed by atoms with E-state index >= 15 is 0 Å². The summed E-state index contributed by atoms with van der Waals surface area (Å²) in [6, 6.07) is 11.4. The summed E-state index contributed by atoms with van der Waals surface area (Å²) < 4.78 is 11.0. The zero-order valence-corrected chi connectivity index (χ0v) is 21.2. The van der Waals surface area contributed by atoms with Gasteiger partial charge in [-0.3, -0.25) is 40.9 Å². The van der Waals surface area contributed by atoms with E-state index < -0.39 is 11.8 Å². The van der Waals surface area contributed by atoms with Gasteiger partial charge < -0.3 is 9.47 Å². The Kier molecular flexibility index (Phi) is 11.2. The van der Waals surface area contributed by atoms with Crippen LogP contribution >= 0.6 is 0 Å². The van der Waals surface area contributed by atoms with Gasteiger partial charge in [0, 0.05) is 12.8 Å². The molecule has 0 aromatic heterocycles. The van der Waals surface area contributed by atoms with Crippen LogP contribution in [0.15, 0.2) is 36.4 Å². The lowest BCUT2D eigenvalue weighted by atomic mass is 10.1. The number of nitrogens with one attached hydrogen (secondary N) is 4. The smallest absolute Gasteiger partial charge is 0.276 e. The van der Waals surface area contributed by atoms with Gasteiger partial charge in [0.1, 0.15) is 11.5 Å². The summed E-state index contributed by atoms with van der Waals surface area (Å²) in [6.07, 6.45) is 1.11. The molecule has 2 rings (SSSR count). The lowest BCUT2D eigenvalue weighted by Crippen LogP contribution is -2.44. The minimum absolute atomic E-state index is 0.126. The summed E-state index contributed by atoms with van der Waals surface area (Å²) in [6.45, 7) is 7.15. The monoisotopic (exact) mass is 498 g/mol. The molecule has 0 radical (unpaired) electrons. The van der Waals surface area contributed by atoms with Gasteiger partial charge in [0.2, 0.25) is 11.8 Å². The molecule has 0 unspecified atom stereocenters. The first-order valence-corrected chi connectivity index (χ1v) is 11.7. The van der Waals surface area contributed by atoms with E-state index in [9.17, 15) is 19.2 Å². The van der Waals surface area contributed by atoms with E-state index in [1.54, 1.807) is 0 Å². The Labute approximate surface area is 211 Å². The Morgan fingerprint density at radius 1 is 0.583 bits per heavy atom. The van der Waals surface area contributed by atoms with E-state index in [-0.39, 0.29) is 37.9 Å². The lowest BCUT2D eigenvalue weighted by Gasteiger charge is -2.11. The fourth-order valence-electron chi connectivity index (χ4n) is 3.06. The molecule has 10 nitrogen and oxygen atoms in total. The summed E-state index contributed by atoms with van der Waals surface area (Å²) in [7, 11) is 0. The Morgan fingerprint density at radius 3 is 1.33 bits per heavy atom. The van der Waals surface area contributed by atoms with Crippen molar-refractivity contribution < 1.29 is 28.7 Å². The molecule has 0 fully saturated rings. The van der Waals surface area contributed by atoms with E-state index in [2.05, 4.69) is 21.7 Å². The van der Waals surface area contributed by atoms with E-state index in [4.69, 9.17) is 9.47 Å². The molecule has 4 amide bonds. The SMILES string of the molecule is Cc1ccc(C)c(OCC(=O)NNC(=O)CCCCC(=O)NNC(=O)COc2cc(C)ccc2C)c1. The van der Waals surface area contributed by atoms with Gasteiger partial charge in [-0.15, -0.1) is 0 Å². The summed E-state index contributed by atoms with van der Waals surface area (Å²) >= 11 is 0. The van der Waals surface area contributed by atoms with E-state index in [0.717, 1.165) is 22.3 Å². The topological polar surface area (TPSA) is 135 Å². The molecule has 0 spiro atoms. The normalized spacial score (nSPS) is 10.2. The van der Waals surface area contributed by atoms with Crippen molar-refractivity contribution in [2.75, 3.05) is 13.2 Å². The van der Waals surface area contributed by atoms with Gasteiger partial charge in [-0.05, 0) is 74.9 Å². The minimum atomic E-state index is -0.485. The number of amides is 4. The largest absolute Gasteiger partial charge is 0.483 e. The van der Waals surface area contributed by atoms with E-state index in [0.29, 0.717) is 24.3 Å². The molecule has 4 N–H and O–H groups in total. The summed E-state index contributed by atoms with van der Waals surface area (Å²) in [5, 5.41) is 0. The highest BCUT2D eigenvalue weighted by Gasteiger charge is 2.10. The first kappa shape index (κ1) is 28.2. The number of benzene rings is 2. The standard InChI is InChI=1S/C26H34N4O6/c1-17-9-11-19(3)21(13-17)35-15-25(33)29-27-23(31)7-5-6-8-24(32)28-30-26(34)16-36-22-14-18(2)10-12-20(22)4/h9-14H,5-8,15-16H2,1-4H3,(H,27,31)(H,28,32)(H,29,33)(H,30,34). The van der Waals surface area contributed by atoms with Crippen LogP contribution in [0.2, 0.25) is 0 Å². The maximum absolute atomic E-state index is 11.9. The first-order valence-electron chi connectivity index (χ1n) is 11.7. The van der Waals surface area contributed by atoms with Crippen LogP contribution in [0.5, 0.6) is 11.5 Å². The Balaban J connectivity index is 1.53. The lowest BCUT2D eigenvalue weighted by molar-refractivity contribution is -0.130. The predicted octanol–water partition coefficient (Wildman–Crippen LogP) is 2.23. The van der Waals surface area contributed by atoms with Gasteiger partial charge >= 0.3 is 0 Å². The minimum Gasteiger partial charge on any atom is -0.483 e. The molecule has 0 bridgehead atoms. The quantitative estimate of drug-likeness (QED) is 0.277. The van der Waals surface area contributed by atoms with Crippen LogP contribution in [0, 0.1) is 27.7 Å². The zero-order valence-electron chi connectivity index (χ0n) is 21.2. The van der Waals surface area contributed by atoms with E-state index in [1.807, 2.05) is 64.1 Å². The van der Waals surface area contributed by atoms with Crippen LogP contribution in [0.1, 0.15) is 47.9 Å². The van der Waals surface area contributed by atoms with Crippen molar-refractivity contribution in [3.8, 4) is 11.5 Å². The number of carbonyl (C=O) groups is 4. The molecule has 0 aliphatic rings. The number of hydrogen-bond acceptors (Lipinski definition) is 6. The first-order chi connectivity index (χ1) is 17.1. The van der Waals surface area contributed by atoms with Crippen LogP contribution in [0.25, 0.3) is 0 Å². The average molecular weight is 499 g/mol. The Bertz CT molecular complexity index is 1000. The van der Waals surface area contributed by atoms with Crippen LogP contribution in [0.3, 0.4) is 0 Å². The van der Waals surface area contributed by atoms with Gasteiger partial charge in [-0.2, -0.15) is 0 Å². The molecule has 0 heterocycles. The summed E-state index contributed by atoms with van der Waals surface area (Å²) in [5.74, 6) is -0.513. The zero-order chi connectivity index (χ0) is 26.5. The van der Waals surface area contributed by atoms with Crippen LogP contribution in [0.4, 0.5) is 0 Å². The van der Waals surface area contributed by atoms with Crippen LogP contribution < -0.4 is 31.2 Å². The molecule has 0 saturated heterocycles. The number of hydrazine groups is 2. The van der Waals surface area contributed by atoms with Crippen LogP contribution in [-0.2, 0) is 19.2 Å². The number of rotatable bonds is 11. The van der Waals surface area contributed by atoms with Crippen molar-refractivity contribution in [3.63, 3.8) is 0 Å². The number of hydrogen-bond donors (Lipinski definition) is 4. The number of carbonyl (C=O) groups excluding carboxylic acids is 4. The third-order valence-corrected chi connectivity index (χ3v) is 5.15. The molecule has 194 valence electrons. The van der Waals surface area contributed by atoms with E-state index in [1.165, 1.54) is 0 Å². The second-order valence-corrected chi connectivity index (χ2v) is 8.52. The van der Waals surface area contributed by atoms with Crippen molar-refractivity contribution in [2.45, 2.75) is 53.4 Å². The molecule has 2 aromatic carbocycles. The summed E-state index contributed by atoms with van der Waals surface area (Å²) in [5.41, 5.74) is 13.1.